The Kier molecular flexibility index (Phi) is 4.03. The predicted molar refractivity (Wildman–Crippen MR) is 63.8 cm³/mol. The number of rotatable bonds is 1. The van der Waals surface area contributed by atoms with E-state index in [0.29, 0.717) is 5.52 Å². The number of amides is 1. The van der Waals surface area contributed by atoms with Gasteiger partial charge in [-0.15, -0.1) is 0 Å². The first kappa shape index (κ1) is 11.7. The monoisotopic (exact) mass is 216 g/mol. The van der Waals surface area contributed by atoms with Gasteiger partial charge in [-0.3, -0.25) is 9.78 Å². The molecule has 4 heteroatoms. The van der Waals surface area contributed by atoms with Crippen LogP contribution in [0.1, 0.15) is 5.56 Å². The number of phenolic OH excluding ortho intramolecular Hbond substituents is 1. The van der Waals surface area contributed by atoms with Crippen LogP contribution in [0.4, 0.5) is 0 Å². The van der Waals surface area contributed by atoms with Gasteiger partial charge in [-0.05, 0) is 17.7 Å². The third-order valence-corrected chi connectivity index (χ3v) is 1.95. The zero-order valence-electron chi connectivity index (χ0n) is 8.63. The van der Waals surface area contributed by atoms with Gasteiger partial charge in [-0.1, -0.05) is 24.8 Å². The van der Waals surface area contributed by atoms with Crippen molar-refractivity contribution in [1.82, 2.24) is 4.98 Å². The Bertz CT molecular complexity index is 509. The van der Waals surface area contributed by atoms with Crippen molar-refractivity contribution in [1.29, 1.82) is 0 Å². The highest BCUT2D eigenvalue weighted by Crippen LogP contribution is 2.22. The van der Waals surface area contributed by atoms with Crippen LogP contribution < -0.4 is 5.73 Å². The second-order valence-corrected chi connectivity index (χ2v) is 2.96. The minimum Gasteiger partial charge on any atom is -0.506 e. The molecule has 0 bridgehead atoms. The lowest BCUT2D eigenvalue weighted by Gasteiger charge is -2.00. The first-order valence-electron chi connectivity index (χ1n) is 4.58. The molecular formula is C12H12N2O2. The molecule has 0 aliphatic rings. The summed E-state index contributed by atoms with van der Waals surface area (Å²) in [6.45, 7) is 3.66. The van der Waals surface area contributed by atoms with Gasteiger partial charge < -0.3 is 10.8 Å². The van der Waals surface area contributed by atoms with Crippen molar-refractivity contribution in [2.24, 2.45) is 5.73 Å². The average molecular weight is 216 g/mol. The largest absolute Gasteiger partial charge is 0.506 e. The molecule has 0 saturated heterocycles. The number of primary amides is 1. The fraction of sp³-hybridized carbons (Fsp3) is 0. The summed E-state index contributed by atoms with van der Waals surface area (Å²) in [5, 5.41) is 10.4. The van der Waals surface area contributed by atoms with E-state index in [1.165, 1.54) is 0 Å². The number of carbonyl (C=O) groups excluding carboxylic acids is 1. The van der Waals surface area contributed by atoms with E-state index >= 15 is 0 Å². The number of nitrogens with two attached hydrogens (primary N) is 1. The first-order valence-corrected chi connectivity index (χ1v) is 4.58. The van der Waals surface area contributed by atoms with E-state index in [1.807, 2.05) is 12.1 Å². The molecule has 0 unspecified atom stereocenters. The molecule has 1 amide bonds. The van der Waals surface area contributed by atoms with E-state index in [1.54, 1.807) is 24.4 Å². The molecule has 3 N–H and O–H groups in total. The first-order chi connectivity index (χ1) is 7.72. The zero-order valence-corrected chi connectivity index (χ0v) is 8.63. The molecule has 0 saturated carbocycles. The fourth-order valence-corrected chi connectivity index (χ4v) is 1.27. The summed E-state index contributed by atoms with van der Waals surface area (Å²) in [5.41, 5.74) is 5.76. The van der Waals surface area contributed by atoms with Crippen molar-refractivity contribution in [3.63, 3.8) is 0 Å². The molecule has 16 heavy (non-hydrogen) atoms. The topological polar surface area (TPSA) is 76.2 Å². The second-order valence-electron chi connectivity index (χ2n) is 2.96. The summed E-state index contributed by atoms with van der Waals surface area (Å²) < 4.78 is 0. The van der Waals surface area contributed by atoms with E-state index in [9.17, 15) is 5.11 Å². The minimum absolute atomic E-state index is 0.216. The summed E-state index contributed by atoms with van der Waals surface area (Å²) >= 11 is 0. The average Bonchev–Trinajstić information content (AvgIpc) is 2.30. The molecule has 0 aliphatic carbocycles. The van der Waals surface area contributed by atoms with Crippen LogP contribution in [0.3, 0.4) is 0 Å². The van der Waals surface area contributed by atoms with Crippen LogP contribution in [0, 0.1) is 0 Å². The van der Waals surface area contributed by atoms with Gasteiger partial charge in [0.2, 0.25) is 6.41 Å². The van der Waals surface area contributed by atoms with Gasteiger partial charge in [0, 0.05) is 11.6 Å². The Hall–Kier alpha value is -2.36. The molecule has 0 spiro atoms. The van der Waals surface area contributed by atoms with Crippen LogP contribution in [0.5, 0.6) is 5.75 Å². The second kappa shape index (κ2) is 5.50. The van der Waals surface area contributed by atoms with Crippen LogP contribution >= 0.6 is 0 Å². The molecule has 0 radical (unpaired) electrons. The number of hydrogen-bond donors (Lipinski definition) is 2. The molecule has 82 valence electrons. The summed E-state index contributed by atoms with van der Waals surface area (Å²) in [5.74, 6) is 0.216. The molecule has 0 atom stereocenters. The molecule has 1 aromatic heterocycles. The zero-order chi connectivity index (χ0) is 12.0. The highest BCUT2D eigenvalue weighted by molar-refractivity contribution is 5.85. The standard InChI is InChI=1S/C11H9NO.CH3NO/c1-2-8-6-9-4-3-5-10(13)11(9)12-7-8;2-1-3/h2-7,13H,1H2;1H,(H2,2,3). The summed E-state index contributed by atoms with van der Waals surface area (Å²) in [4.78, 5) is 12.7. The molecule has 2 aromatic rings. The SMILES string of the molecule is C=Cc1cnc2c(O)cccc2c1.NC=O. The van der Waals surface area contributed by atoms with E-state index in [4.69, 9.17) is 4.79 Å². The molecular weight excluding hydrogens is 204 g/mol. The number of pyridine rings is 1. The maximum atomic E-state index is 9.45. The number of hydrogen-bond acceptors (Lipinski definition) is 3. The lowest BCUT2D eigenvalue weighted by molar-refractivity contribution is -0.106. The van der Waals surface area contributed by atoms with Gasteiger partial charge in [0.25, 0.3) is 0 Å². The van der Waals surface area contributed by atoms with Gasteiger partial charge in [0.15, 0.2) is 0 Å². The molecule has 0 aliphatic heterocycles. The van der Waals surface area contributed by atoms with Crippen LogP contribution in [-0.2, 0) is 4.79 Å². The summed E-state index contributed by atoms with van der Waals surface area (Å²) in [6, 6.07) is 7.28. The van der Waals surface area contributed by atoms with E-state index < -0.39 is 0 Å². The molecule has 4 nitrogen and oxygen atoms in total. The number of benzene rings is 1. The van der Waals surface area contributed by atoms with Crippen LogP contribution in [0.2, 0.25) is 0 Å². The highest BCUT2D eigenvalue weighted by atomic mass is 16.3. The number of aromatic nitrogens is 1. The lowest BCUT2D eigenvalue weighted by Crippen LogP contribution is -1.82. The number of para-hydroxylation sites is 1. The molecule has 1 aromatic carbocycles. The fourth-order valence-electron chi connectivity index (χ4n) is 1.27. The van der Waals surface area contributed by atoms with Gasteiger partial charge in [-0.25, -0.2) is 0 Å². The summed E-state index contributed by atoms with van der Waals surface area (Å²) in [6.07, 6.45) is 3.67. The van der Waals surface area contributed by atoms with Crippen molar-refractivity contribution < 1.29 is 9.90 Å². The Morgan fingerprint density at radius 2 is 2.12 bits per heavy atom. The van der Waals surface area contributed by atoms with Crippen molar-refractivity contribution in [2.75, 3.05) is 0 Å². The number of phenols is 1. The Morgan fingerprint density at radius 1 is 1.44 bits per heavy atom. The van der Waals surface area contributed by atoms with E-state index in [0.717, 1.165) is 10.9 Å². The Morgan fingerprint density at radius 3 is 2.75 bits per heavy atom. The third kappa shape index (κ3) is 2.57. The molecule has 2 rings (SSSR count). The maximum absolute atomic E-state index is 9.45. The van der Waals surface area contributed by atoms with Crippen molar-refractivity contribution in [3.8, 4) is 5.75 Å². The minimum atomic E-state index is 0.216. The molecule has 0 fully saturated rings. The number of carbonyl (C=O) groups is 1. The normalized spacial score (nSPS) is 9.00. The van der Waals surface area contributed by atoms with E-state index in [-0.39, 0.29) is 12.2 Å². The highest BCUT2D eigenvalue weighted by Gasteiger charge is 1.99. The smallest absolute Gasteiger partial charge is 0.204 e. The molecule has 1 heterocycles. The summed E-state index contributed by atoms with van der Waals surface area (Å²) in [7, 11) is 0. The van der Waals surface area contributed by atoms with Crippen molar-refractivity contribution in [3.05, 3.63) is 42.6 Å². The Labute approximate surface area is 93.0 Å². The van der Waals surface area contributed by atoms with Gasteiger partial charge in [0.05, 0.1) is 0 Å². The van der Waals surface area contributed by atoms with Crippen molar-refractivity contribution in [2.45, 2.75) is 0 Å². The van der Waals surface area contributed by atoms with E-state index in [2.05, 4.69) is 17.3 Å². The number of aromatic hydroxyl groups is 1. The van der Waals surface area contributed by atoms with Crippen LogP contribution in [0.25, 0.3) is 17.0 Å². The van der Waals surface area contributed by atoms with Crippen LogP contribution in [-0.4, -0.2) is 16.5 Å². The predicted octanol–water partition coefficient (Wildman–Crippen LogP) is 1.68. The van der Waals surface area contributed by atoms with Crippen molar-refractivity contribution >= 4 is 23.4 Å². The number of nitrogens with zero attached hydrogens (tertiary/aromatic N) is 1. The Balaban J connectivity index is 0.000000386. The van der Waals surface area contributed by atoms with Gasteiger partial charge in [0.1, 0.15) is 11.3 Å². The maximum Gasteiger partial charge on any atom is 0.204 e. The number of fused-ring (bicyclic) bond motifs is 1. The third-order valence-electron chi connectivity index (χ3n) is 1.95. The van der Waals surface area contributed by atoms with Gasteiger partial charge >= 0.3 is 0 Å². The van der Waals surface area contributed by atoms with Gasteiger partial charge in [-0.2, -0.15) is 0 Å². The van der Waals surface area contributed by atoms with Crippen LogP contribution in [0.15, 0.2) is 37.0 Å². The quantitative estimate of drug-likeness (QED) is 0.712. The lowest BCUT2D eigenvalue weighted by atomic mass is 10.1.